The first-order valence-corrected chi connectivity index (χ1v) is 9.02. The second-order valence-corrected chi connectivity index (χ2v) is 6.77. The third-order valence-electron chi connectivity index (χ3n) is 4.69. The van der Waals surface area contributed by atoms with Crippen LogP contribution in [0.5, 0.6) is 0 Å². The molecule has 1 aliphatic heterocycles. The molecule has 1 N–H and O–H groups in total. The Morgan fingerprint density at radius 3 is 2.41 bits per heavy atom. The number of benzene rings is 1. The molecule has 1 aliphatic rings. The Morgan fingerprint density at radius 1 is 1.11 bits per heavy atom. The van der Waals surface area contributed by atoms with E-state index in [9.17, 15) is 18.0 Å². The summed E-state index contributed by atoms with van der Waals surface area (Å²) in [6, 6.07) is 7.37. The number of carbonyl (C=O) groups is 1. The highest BCUT2D eigenvalue weighted by atomic mass is 19.4. The molecule has 1 atom stereocenters. The summed E-state index contributed by atoms with van der Waals surface area (Å²) >= 11 is 0. The first kappa shape index (κ1) is 19.4. The Bertz CT molecular complexity index is 741. The number of hydrogen-bond acceptors (Lipinski definition) is 3. The lowest BCUT2D eigenvalue weighted by molar-refractivity contribution is -0.155. The number of nitrogens with zero attached hydrogens (tertiary/aromatic N) is 2. The molecule has 4 nitrogen and oxygen atoms in total. The van der Waals surface area contributed by atoms with Crippen molar-refractivity contribution in [2.45, 2.75) is 38.0 Å². The van der Waals surface area contributed by atoms with E-state index in [1.165, 1.54) is 37.6 Å². The zero-order valence-electron chi connectivity index (χ0n) is 14.9. The van der Waals surface area contributed by atoms with Crippen LogP contribution < -0.4 is 5.32 Å². The molecule has 7 heteroatoms. The van der Waals surface area contributed by atoms with Gasteiger partial charge in [0.1, 0.15) is 0 Å². The smallest absolute Gasteiger partial charge is 0.337 e. The lowest BCUT2D eigenvalue weighted by Gasteiger charge is -2.26. The van der Waals surface area contributed by atoms with Crippen LogP contribution in [-0.2, 0) is 6.54 Å². The zero-order chi connectivity index (χ0) is 19.3. The van der Waals surface area contributed by atoms with Crippen LogP contribution in [0.15, 0.2) is 48.8 Å². The molecule has 0 spiro atoms. The first-order valence-electron chi connectivity index (χ1n) is 9.02. The summed E-state index contributed by atoms with van der Waals surface area (Å²) in [4.78, 5) is 18.4. The molecule has 1 aromatic heterocycles. The number of amides is 1. The zero-order valence-corrected chi connectivity index (χ0v) is 14.9. The molecule has 1 amide bonds. The molecule has 2 aromatic rings. The second kappa shape index (κ2) is 8.52. The lowest BCUT2D eigenvalue weighted by atomic mass is 10.1. The van der Waals surface area contributed by atoms with Crippen LogP contribution in [0.3, 0.4) is 0 Å². The highest BCUT2D eigenvalue weighted by Crippen LogP contribution is 2.32. The quantitative estimate of drug-likeness (QED) is 0.853. The number of rotatable bonds is 5. The van der Waals surface area contributed by atoms with Gasteiger partial charge in [-0.25, -0.2) is 0 Å². The Balaban J connectivity index is 1.67. The summed E-state index contributed by atoms with van der Waals surface area (Å²) < 4.78 is 40.1. The van der Waals surface area contributed by atoms with E-state index < -0.39 is 18.1 Å². The number of aromatic nitrogens is 1. The molecule has 0 aliphatic carbocycles. The Labute approximate surface area is 156 Å². The highest BCUT2D eigenvalue weighted by Gasteiger charge is 2.42. The standard InChI is InChI=1S/C20H22F3N3O/c21-20(22,23)18(17-5-4-10-24-13-17)25-19(27)16-8-6-15(7-9-16)14-26-11-2-1-3-12-26/h4-10,13,18H,1-3,11-12,14H2,(H,25,27). The molecule has 2 heterocycles. The maximum absolute atomic E-state index is 13.4. The van der Waals surface area contributed by atoms with Gasteiger partial charge >= 0.3 is 6.18 Å². The van der Waals surface area contributed by atoms with Crippen LogP contribution in [0.1, 0.15) is 46.8 Å². The van der Waals surface area contributed by atoms with Crippen molar-refractivity contribution in [2.24, 2.45) is 0 Å². The van der Waals surface area contributed by atoms with Gasteiger partial charge in [0.05, 0.1) is 0 Å². The number of hydrogen-bond donors (Lipinski definition) is 1. The Morgan fingerprint density at radius 2 is 1.81 bits per heavy atom. The predicted octanol–water partition coefficient (Wildman–Crippen LogP) is 4.10. The third kappa shape index (κ3) is 5.29. The monoisotopic (exact) mass is 377 g/mol. The number of nitrogens with one attached hydrogen (secondary N) is 1. The van der Waals surface area contributed by atoms with Gasteiger partial charge in [0.2, 0.25) is 0 Å². The van der Waals surface area contributed by atoms with E-state index in [4.69, 9.17) is 0 Å². The summed E-state index contributed by atoms with van der Waals surface area (Å²) in [5, 5.41) is 2.08. The molecule has 0 bridgehead atoms. The fraction of sp³-hybridized carbons (Fsp3) is 0.400. The van der Waals surface area contributed by atoms with Crippen molar-refractivity contribution in [1.82, 2.24) is 15.2 Å². The average Bonchev–Trinajstić information content (AvgIpc) is 2.67. The minimum Gasteiger partial charge on any atom is -0.337 e. The summed E-state index contributed by atoms with van der Waals surface area (Å²) in [6.07, 6.45) is 1.53. The van der Waals surface area contributed by atoms with E-state index in [1.807, 2.05) is 0 Å². The molecular formula is C20H22F3N3O. The highest BCUT2D eigenvalue weighted by molar-refractivity contribution is 5.94. The molecule has 1 unspecified atom stereocenters. The van der Waals surface area contributed by atoms with Crippen LogP contribution in [0.2, 0.25) is 0 Å². The predicted molar refractivity (Wildman–Crippen MR) is 96.1 cm³/mol. The first-order chi connectivity index (χ1) is 12.9. The maximum atomic E-state index is 13.4. The number of alkyl halides is 3. The molecule has 3 rings (SSSR count). The largest absolute Gasteiger partial charge is 0.412 e. The molecule has 0 saturated carbocycles. The average molecular weight is 377 g/mol. The fourth-order valence-electron chi connectivity index (χ4n) is 3.25. The Kier molecular flexibility index (Phi) is 6.11. The van der Waals surface area contributed by atoms with E-state index in [2.05, 4.69) is 15.2 Å². The molecule has 1 aromatic carbocycles. The summed E-state index contributed by atoms with van der Waals surface area (Å²) in [7, 11) is 0. The number of likely N-dealkylation sites (tertiary alicyclic amines) is 1. The molecule has 0 radical (unpaired) electrons. The topological polar surface area (TPSA) is 45.2 Å². The minimum atomic E-state index is -4.60. The van der Waals surface area contributed by atoms with E-state index in [0.717, 1.165) is 31.4 Å². The van der Waals surface area contributed by atoms with Gasteiger partial charge in [-0.1, -0.05) is 24.6 Å². The van der Waals surface area contributed by atoms with E-state index in [0.29, 0.717) is 0 Å². The van der Waals surface area contributed by atoms with E-state index >= 15 is 0 Å². The minimum absolute atomic E-state index is 0.0972. The number of halogens is 3. The second-order valence-electron chi connectivity index (χ2n) is 6.77. The molecular weight excluding hydrogens is 355 g/mol. The van der Waals surface area contributed by atoms with Crippen LogP contribution in [0.25, 0.3) is 0 Å². The van der Waals surface area contributed by atoms with Crippen LogP contribution in [0.4, 0.5) is 13.2 Å². The van der Waals surface area contributed by atoms with Crippen molar-refractivity contribution in [1.29, 1.82) is 0 Å². The van der Waals surface area contributed by atoms with Gasteiger partial charge in [0.25, 0.3) is 5.91 Å². The van der Waals surface area contributed by atoms with Crippen molar-refractivity contribution >= 4 is 5.91 Å². The van der Waals surface area contributed by atoms with Crippen molar-refractivity contribution < 1.29 is 18.0 Å². The maximum Gasteiger partial charge on any atom is 0.412 e. The Hall–Kier alpha value is -2.41. The normalized spacial score (nSPS) is 16.7. The van der Waals surface area contributed by atoms with Crippen LogP contribution in [0, 0.1) is 0 Å². The van der Waals surface area contributed by atoms with Gasteiger partial charge in [-0.3, -0.25) is 14.7 Å². The van der Waals surface area contributed by atoms with E-state index in [1.54, 1.807) is 24.3 Å². The van der Waals surface area contributed by atoms with Gasteiger partial charge in [0.15, 0.2) is 6.04 Å². The molecule has 1 fully saturated rings. The van der Waals surface area contributed by atoms with Gasteiger partial charge in [-0.15, -0.1) is 0 Å². The van der Waals surface area contributed by atoms with Gasteiger partial charge in [-0.2, -0.15) is 13.2 Å². The fourth-order valence-corrected chi connectivity index (χ4v) is 3.25. The SMILES string of the molecule is O=C(NC(c1cccnc1)C(F)(F)F)c1ccc(CN2CCCCC2)cc1. The molecule has 144 valence electrons. The van der Waals surface area contributed by atoms with Crippen molar-refractivity contribution in [2.75, 3.05) is 13.1 Å². The summed E-state index contributed by atoms with van der Waals surface area (Å²) in [5.41, 5.74) is 1.16. The lowest BCUT2D eigenvalue weighted by Crippen LogP contribution is -2.38. The molecule has 27 heavy (non-hydrogen) atoms. The number of piperidine rings is 1. The third-order valence-corrected chi connectivity index (χ3v) is 4.69. The number of carbonyl (C=O) groups excluding carboxylic acids is 1. The van der Waals surface area contributed by atoms with Gasteiger partial charge in [0, 0.05) is 30.1 Å². The van der Waals surface area contributed by atoms with Gasteiger partial charge < -0.3 is 5.32 Å². The number of pyridine rings is 1. The van der Waals surface area contributed by atoms with E-state index in [-0.39, 0.29) is 11.1 Å². The van der Waals surface area contributed by atoms with Gasteiger partial charge in [-0.05, 0) is 49.7 Å². The summed E-state index contributed by atoms with van der Waals surface area (Å²) in [6.45, 7) is 2.91. The van der Waals surface area contributed by atoms with Crippen molar-refractivity contribution in [3.05, 3.63) is 65.5 Å². The van der Waals surface area contributed by atoms with Crippen molar-refractivity contribution in [3.63, 3.8) is 0 Å². The van der Waals surface area contributed by atoms with Crippen LogP contribution in [-0.4, -0.2) is 35.1 Å². The molecule has 1 saturated heterocycles. The van der Waals surface area contributed by atoms with Crippen molar-refractivity contribution in [3.8, 4) is 0 Å². The summed E-state index contributed by atoms with van der Waals surface area (Å²) in [5.74, 6) is -0.759. The van der Waals surface area contributed by atoms with Crippen LogP contribution >= 0.6 is 0 Å².